The normalized spacial score (nSPS) is 11.1. The fourth-order valence-electron chi connectivity index (χ4n) is 1.25. The van der Waals surface area contributed by atoms with Crippen LogP contribution in [0, 0.1) is 5.41 Å². The van der Waals surface area contributed by atoms with Crippen molar-refractivity contribution < 1.29 is 19.8 Å². The van der Waals surface area contributed by atoms with Crippen LogP contribution in [0.4, 0.5) is 0 Å². The number of Topliss-reactive ketones (excluding diaryl/α,β-unsaturated/α-hetero) is 1. The van der Waals surface area contributed by atoms with Crippen LogP contribution in [0.2, 0.25) is 0 Å². The Hall–Kier alpha value is -2.04. The Balaban J connectivity index is 2.69. The average molecular weight is 251 g/mol. The van der Waals surface area contributed by atoms with E-state index in [2.05, 4.69) is 5.32 Å². The number of hydrogen-bond donors (Lipinski definition) is 3. The van der Waals surface area contributed by atoms with Gasteiger partial charge in [-0.1, -0.05) is 20.8 Å². The molecular formula is C13H17NO4. The van der Waals surface area contributed by atoms with Crippen molar-refractivity contribution in [1.29, 1.82) is 0 Å². The summed E-state index contributed by atoms with van der Waals surface area (Å²) in [5.41, 5.74) is -0.414. The highest BCUT2D eigenvalue weighted by Gasteiger charge is 2.21. The first-order valence-corrected chi connectivity index (χ1v) is 5.54. The zero-order chi connectivity index (χ0) is 13.9. The second-order valence-corrected chi connectivity index (χ2v) is 5.09. The summed E-state index contributed by atoms with van der Waals surface area (Å²) in [4.78, 5) is 23.3. The van der Waals surface area contributed by atoms with E-state index >= 15 is 0 Å². The van der Waals surface area contributed by atoms with E-state index in [9.17, 15) is 19.8 Å². The lowest BCUT2D eigenvalue weighted by atomic mass is 9.91. The minimum Gasteiger partial charge on any atom is -0.508 e. The highest BCUT2D eigenvalue weighted by Crippen LogP contribution is 2.20. The van der Waals surface area contributed by atoms with E-state index in [1.165, 1.54) is 12.1 Å². The topological polar surface area (TPSA) is 86.6 Å². The Morgan fingerprint density at radius 1 is 1.11 bits per heavy atom. The van der Waals surface area contributed by atoms with Crippen molar-refractivity contribution in [3.63, 3.8) is 0 Å². The fourth-order valence-corrected chi connectivity index (χ4v) is 1.25. The van der Waals surface area contributed by atoms with Crippen molar-refractivity contribution in [2.45, 2.75) is 20.8 Å². The number of carbonyl (C=O) groups is 2. The van der Waals surface area contributed by atoms with Gasteiger partial charge in [-0.25, -0.2) is 0 Å². The molecule has 18 heavy (non-hydrogen) atoms. The van der Waals surface area contributed by atoms with Crippen molar-refractivity contribution in [2.75, 3.05) is 6.54 Å². The van der Waals surface area contributed by atoms with E-state index in [1.54, 1.807) is 20.8 Å². The van der Waals surface area contributed by atoms with E-state index in [0.717, 1.165) is 6.07 Å². The van der Waals surface area contributed by atoms with Gasteiger partial charge in [0.1, 0.15) is 11.5 Å². The molecule has 0 aromatic heterocycles. The van der Waals surface area contributed by atoms with Crippen LogP contribution in [0.15, 0.2) is 18.2 Å². The van der Waals surface area contributed by atoms with E-state index in [0.29, 0.717) is 0 Å². The van der Waals surface area contributed by atoms with Gasteiger partial charge in [-0.15, -0.1) is 0 Å². The number of phenols is 2. The predicted octanol–water partition coefficient (Wildman–Crippen LogP) is 1.44. The van der Waals surface area contributed by atoms with E-state index in [4.69, 9.17) is 0 Å². The molecule has 0 radical (unpaired) electrons. The van der Waals surface area contributed by atoms with Crippen molar-refractivity contribution >= 4 is 11.7 Å². The van der Waals surface area contributed by atoms with Crippen LogP contribution >= 0.6 is 0 Å². The summed E-state index contributed by atoms with van der Waals surface area (Å²) in [6.07, 6.45) is 0. The third kappa shape index (κ3) is 3.76. The second-order valence-electron chi connectivity index (χ2n) is 5.09. The van der Waals surface area contributed by atoms with Gasteiger partial charge in [0.05, 0.1) is 6.54 Å². The van der Waals surface area contributed by atoms with Gasteiger partial charge in [-0.2, -0.15) is 0 Å². The molecule has 1 rings (SSSR count). The maximum atomic E-state index is 11.7. The van der Waals surface area contributed by atoms with Crippen LogP contribution in [0.25, 0.3) is 0 Å². The van der Waals surface area contributed by atoms with Crippen LogP contribution in [0.3, 0.4) is 0 Å². The molecule has 0 spiro atoms. The first-order valence-electron chi connectivity index (χ1n) is 5.54. The van der Waals surface area contributed by atoms with Crippen molar-refractivity contribution in [2.24, 2.45) is 5.41 Å². The van der Waals surface area contributed by atoms with Crippen molar-refractivity contribution in [3.8, 4) is 11.5 Å². The number of hydrogen-bond acceptors (Lipinski definition) is 4. The van der Waals surface area contributed by atoms with Crippen LogP contribution in [0.5, 0.6) is 11.5 Å². The minimum atomic E-state index is -0.520. The smallest absolute Gasteiger partial charge is 0.251 e. The molecule has 0 aliphatic heterocycles. The van der Waals surface area contributed by atoms with Crippen molar-refractivity contribution in [1.82, 2.24) is 5.32 Å². The number of rotatable bonds is 3. The third-order valence-corrected chi connectivity index (χ3v) is 2.41. The molecule has 3 N–H and O–H groups in total. The molecule has 0 aliphatic carbocycles. The molecule has 0 aliphatic rings. The predicted molar refractivity (Wildman–Crippen MR) is 66.6 cm³/mol. The van der Waals surface area contributed by atoms with Gasteiger partial charge in [0, 0.05) is 17.0 Å². The molecule has 1 aromatic rings. The van der Waals surface area contributed by atoms with Gasteiger partial charge in [-0.3, -0.25) is 9.59 Å². The fraction of sp³-hybridized carbons (Fsp3) is 0.385. The number of amides is 1. The quantitative estimate of drug-likeness (QED) is 0.758. The van der Waals surface area contributed by atoms with Crippen LogP contribution < -0.4 is 5.32 Å². The Kier molecular flexibility index (Phi) is 3.96. The van der Waals surface area contributed by atoms with Gasteiger partial charge < -0.3 is 15.5 Å². The SMILES string of the molecule is CC(C)(C)C(=O)CNC(=O)c1cc(O)cc(O)c1. The summed E-state index contributed by atoms with van der Waals surface area (Å²) in [6, 6.07) is 3.56. The highest BCUT2D eigenvalue weighted by atomic mass is 16.3. The van der Waals surface area contributed by atoms with E-state index in [-0.39, 0.29) is 29.4 Å². The zero-order valence-corrected chi connectivity index (χ0v) is 10.7. The largest absolute Gasteiger partial charge is 0.508 e. The summed E-state index contributed by atoms with van der Waals surface area (Å²) in [5.74, 6) is -1.02. The van der Waals surface area contributed by atoms with Crippen LogP contribution in [-0.4, -0.2) is 28.4 Å². The molecule has 0 saturated heterocycles. The standard InChI is InChI=1S/C13H17NO4/c1-13(2,3)11(17)7-14-12(18)8-4-9(15)6-10(16)5-8/h4-6,15-16H,7H2,1-3H3,(H,14,18). The maximum Gasteiger partial charge on any atom is 0.251 e. The Morgan fingerprint density at radius 3 is 2.06 bits per heavy atom. The highest BCUT2D eigenvalue weighted by molar-refractivity contribution is 5.98. The number of phenolic OH excluding ortho intramolecular Hbond substituents is 2. The molecule has 0 bridgehead atoms. The monoisotopic (exact) mass is 251 g/mol. The lowest BCUT2D eigenvalue weighted by Gasteiger charge is -2.16. The van der Waals surface area contributed by atoms with Gasteiger partial charge in [0.15, 0.2) is 5.78 Å². The third-order valence-electron chi connectivity index (χ3n) is 2.41. The Morgan fingerprint density at radius 2 is 1.61 bits per heavy atom. The minimum absolute atomic E-state index is 0.0846. The molecule has 0 saturated carbocycles. The summed E-state index contributed by atoms with van der Waals surface area (Å²) < 4.78 is 0. The summed E-state index contributed by atoms with van der Waals surface area (Å²) in [5, 5.41) is 20.9. The Bertz CT molecular complexity index is 454. The van der Waals surface area contributed by atoms with Crippen LogP contribution in [0.1, 0.15) is 31.1 Å². The molecule has 0 heterocycles. The van der Waals surface area contributed by atoms with Gasteiger partial charge >= 0.3 is 0 Å². The molecule has 98 valence electrons. The van der Waals surface area contributed by atoms with E-state index < -0.39 is 11.3 Å². The van der Waals surface area contributed by atoms with E-state index in [1.807, 2.05) is 0 Å². The summed E-state index contributed by atoms with van der Waals surface area (Å²) >= 11 is 0. The molecular weight excluding hydrogens is 234 g/mol. The summed E-state index contributed by atoms with van der Waals surface area (Å²) in [6.45, 7) is 5.21. The molecule has 1 amide bonds. The number of benzene rings is 1. The molecule has 5 nitrogen and oxygen atoms in total. The lowest BCUT2D eigenvalue weighted by molar-refractivity contribution is -0.125. The first kappa shape index (κ1) is 14.0. The molecule has 0 atom stereocenters. The number of nitrogens with one attached hydrogen (secondary N) is 1. The van der Waals surface area contributed by atoms with Gasteiger partial charge in [0.2, 0.25) is 0 Å². The average Bonchev–Trinajstić information content (AvgIpc) is 2.22. The number of carbonyl (C=O) groups excluding carboxylic acids is 2. The molecule has 1 aromatic carbocycles. The molecule has 0 unspecified atom stereocenters. The molecule has 0 fully saturated rings. The zero-order valence-electron chi connectivity index (χ0n) is 10.7. The summed E-state index contributed by atoms with van der Waals surface area (Å²) in [7, 11) is 0. The van der Waals surface area contributed by atoms with Gasteiger partial charge in [0.25, 0.3) is 5.91 Å². The number of ketones is 1. The van der Waals surface area contributed by atoms with Gasteiger partial charge in [-0.05, 0) is 12.1 Å². The second kappa shape index (κ2) is 5.08. The maximum absolute atomic E-state index is 11.7. The molecule has 5 heteroatoms. The lowest BCUT2D eigenvalue weighted by Crippen LogP contribution is -2.35. The van der Waals surface area contributed by atoms with Crippen molar-refractivity contribution in [3.05, 3.63) is 23.8 Å². The number of aromatic hydroxyl groups is 2. The van der Waals surface area contributed by atoms with Crippen LogP contribution in [-0.2, 0) is 4.79 Å². The Labute approximate surface area is 105 Å². The first-order chi connectivity index (χ1) is 8.20.